The normalized spacial score (nSPS) is 19.1. The van der Waals surface area contributed by atoms with Crippen LogP contribution < -0.4 is 5.32 Å². The first-order valence-corrected chi connectivity index (χ1v) is 6.75. The van der Waals surface area contributed by atoms with Crippen LogP contribution in [0.1, 0.15) is 38.2 Å². The average Bonchev–Trinajstić information content (AvgIpc) is 2.90. The van der Waals surface area contributed by atoms with Gasteiger partial charge < -0.3 is 10.4 Å². The summed E-state index contributed by atoms with van der Waals surface area (Å²) >= 11 is 0. The van der Waals surface area contributed by atoms with Crippen LogP contribution in [0.5, 0.6) is 0 Å². The van der Waals surface area contributed by atoms with Gasteiger partial charge in [-0.2, -0.15) is 0 Å². The maximum Gasteiger partial charge on any atom is 0.223 e. The van der Waals surface area contributed by atoms with Crippen molar-refractivity contribution < 1.29 is 14.3 Å². The van der Waals surface area contributed by atoms with Crippen LogP contribution in [0, 0.1) is 11.7 Å². The molecule has 2 rings (SSSR count). The minimum absolute atomic E-state index is 0.0138. The first kappa shape index (κ1) is 14.0. The van der Waals surface area contributed by atoms with Gasteiger partial charge in [-0.3, -0.25) is 4.79 Å². The molecule has 0 bridgehead atoms. The Balaban J connectivity index is 1.93. The van der Waals surface area contributed by atoms with Crippen molar-refractivity contribution in [1.29, 1.82) is 0 Å². The number of aliphatic hydroxyl groups is 1. The molecule has 1 amide bonds. The molecule has 1 atom stereocenters. The van der Waals surface area contributed by atoms with E-state index in [2.05, 4.69) is 5.32 Å². The molecule has 1 saturated carbocycles. The third-order valence-corrected chi connectivity index (χ3v) is 3.80. The highest BCUT2D eigenvalue weighted by atomic mass is 19.1. The SMILES string of the molecule is CC(O)(CNC(=O)C1CCCC1)c1ccc(F)cc1. The molecular formula is C15H20FNO2. The summed E-state index contributed by atoms with van der Waals surface area (Å²) in [6.07, 6.45) is 4.08. The zero-order chi connectivity index (χ0) is 13.9. The summed E-state index contributed by atoms with van der Waals surface area (Å²) in [6, 6.07) is 5.69. The van der Waals surface area contributed by atoms with E-state index in [1.807, 2.05) is 0 Å². The predicted molar refractivity (Wildman–Crippen MR) is 70.9 cm³/mol. The standard InChI is InChI=1S/C15H20FNO2/c1-15(19,12-6-8-13(16)9-7-12)10-17-14(18)11-4-2-3-5-11/h6-9,11,19H,2-5,10H2,1H3,(H,17,18). The van der Waals surface area contributed by atoms with Gasteiger partial charge in [0, 0.05) is 5.92 Å². The van der Waals surface area contributed by atoms with Crippen molar-refractivity contribution >= 4 is 5.91 Å². The highest BCUT2D eigenvalue weighted by Crippen LogP contribution is 2.25. The second kappa shape index (κ2) is 5.70. The van der Waals surface area contributed by atoms with E-state index >= 15 is 0 Å². The molecule has 2 N–H and O–H groups in total. The highest BCUT2D eigenvalue weighted by molar-refractivity contribution is 5.78. The molecule has 1 aromatic carbocycles. The molecule has 1 fully saturated rings. The third-order valence-electron chi connectivity index (χ3n) is 3.80. The summed E-state index contributed by atoms with van der Waals surface area (Å²) in [5.74, 6) is -0.238. The number of nitrogens with one attached hydrogen (secondary N) is 1. The maximum atomic E-state index is 12.8. The zero-order valence-corrected chi connectivity index (χ0v) is 11.2. The van der Waals surface area contributed by atoms with Crippen LogP contribution >= 0.6 is 0 Å². The molecule has 104 valence electrons. The molecule has 0 aromatic heterocycles. The molecule has 0 radical (unpaired) electrons. The molecule has 0 aliphatic heterocycles. The van der Waals surface area contributed by atoms with Crippen LogP contribution in [-0.4, -0.2) is 17.6 Å². The summed E-state index contributed by atoms with van der Waals surface area (Å²) in [6.45, 7) is 1.77. The molecule has 1 aliphatic rings. The van der Waals surface area contributed by atoms with Crippen LogP contribution in [0.15, 0.2) is 24.3 Å². The molecule has 0 heterocycles. The highest BCUT2D eigenvalue weighted by Gasteiger charge is 2.27. The Kier molecular flexibility index (Phi) is 4.20. The Bertz CT molecular complexity index is 436. The van der Waals surface area contributed by atoms with Crippen molar-refractivity contribution in [2.24, 2.45) is 5.92 Å². The first-order chi connectivity index (χ1) is 8.99. The third kappa shape index (κ3) is 3.53. The van der Waals surface area contributed by atoms with Gasteiger partial charge >= 0.3 is 0 Å². The summed E-state index contributed by atoms with van der Waals surface area (Å²) in [5.41, 5.74) is -0.581. The molecule has 1 unspecified atom stereocenters. The number of halogens is 1. The first-order valence-electron chi connectivity index (χ1n) is 6.75. The van der Waals surface area contributed by atoms with Crippen molar-refractivity contribution in [2.45, 2.75) is 38.2 Å². The molecule has 0 saturated heterocycles. The van der Waals surface area contributed by atoms with Crippen molar-refractivity contribution in [3.63, 3.8) is 0 Å². The van der Waals surface area contributed by atoms with Gasteiger partial charge in [-0.25, -0.2) is 4.39 Å². The summed E-state index contributed by atoms with van der Waals surface area (Å²) < 4.78 is 12.8. The fraction of sp³-hybridized carbons (Fsp3) is 0.533. The second-order valence-electron chi connectivity index (χ2n) is 5.48. The smallest absolute Gasteiger partial charge is 0.223 e. The van der Waals surface area contributed by atoms with Crippen molar-refractivity contribution in [2.75, 3.05) is 6.54 Å². The van der Waals surface area contributed by atoms with Crippen LogP contribution in [0.4, 0.5) is 4.39 Å². The lowest BCUT2D eigenvalue weighted by Gasteiger charge is -2.25. The van der Waals surface area contributed by atoms with Gasteiger partial charge in [0.2, 0.25) is 5.91 Å². The molecule has 3 nitrogen and oxygen atoms in total. The fourth-order valence-corrected chi connectivity index (χ4v) is 2.50. The molecular weight excluding hydrogens is 245 g/mol. The number of hydrogen-bond donors (Lipinski definition) is 2. The lowest BCUT2D eigenvalue weighted by molar-refractivity contribution is -0.126. The maximum absolute atomic E-state index is 12.8. The van der Waals surface area contributed by atoms with E-state index in [1.165, 1.54) is 24.3 Å². The Labute approximate surface area is 112 Å². The van der Waals surface area contributed by atoms with E-state index in [0.717, 1.165) is 25.7 Å². The van der Waals surface area contributed by atoms with Gasteiger partial charge in [-0.15, -0.1) is 0 Å². The minimum Gasteiger partial charge on any atom is -0.384 e. The van der Waals surface area contributed by atoms with E-state index < -0.39 is 5.60 Å². The van der Waals surface area contributed by atoms with Crippen LogP contribution in [-0.2, 0) is 10.4 Å². The van der Waals surface area contributed by atoms with Crippen molar-refractivity contribution in [3.8, 4) is 0 Å². The number of carbonyl (C=O) groups is 1. The summed E-state index contributed by atoms with van der Waals surface area (Å²) in [4.78, 5) is 11.9. The van der Waals surface area contributed by atoms with Gasteiger partial charge in [-0.1, -0.05) is 25.0 Å². The number of rotatable bonds is 4. The van der Waals surface area contributed by atoms with Gasteiger partial charge in [-0.05, 0) is 37.5 Å². The molecule has 19 heavy (non-hydrogen) atoms. The van der Waals surface area contributed by atoms with Gasteiger partial charge in [0.15, 0.2) is 0 Å². The Hall–Kier alpha value is -1.42. The molecule has 0 spiro atoms. The number of amides is 1. The number of carbonyl (C=O) groups excluding carboxylic acids is 1. The Morgan fingerprint density at radius 1 is 1.37 bits per heavy atom. The van der Waals surface area contributed by atoms with Crippen LogP contribution in [0.2, 0.25) is 0 Å². The Morgan fingerprint density at radius 2 is 1.95 bits per heavy atom. The largest absolute Gasteiger partial charge is 0.384 e. The Morgan fingerprint density at radius 3 is 2.53 bits per heavy atom. The predicted octanol–water partition coefficient (Wildman–Crippen LogP) is 2.34. The lowest BCUT2D eigenvalue weighted by Crippen LogP contribution is -2.40. The van der Waals surface area contributed by atoms with Gasteiger partial charge in [0.05, 0.1) is 6.54 Å². The quantitative estimate of drug-likeness (QED) is 0.878. The molecule has 1 aliphatic carbocycles. The van der Waals surface area contributed by atoms with E-state index in [0.29, 0.717) is 5.56 Å². The number of hydrogen-bond acceptors (Lipinski definition) is 2. The molecule has 1 aromatic rings. The van der Waals surface area contributed by atoms with E-state index in [1.54, 1.807) is 6.92 Å². The molecule has 4 heteroatoms. The van der Waals surface area contributed by atoms with Gasteiger partial charge in [0.25, 0.3) is 0 Å². The van der Waals surface area contributed by atoms with E-state index in [-0.39, 0.29) is 24.2 Å². The fourth-order valence-electron chi connectivity index (χ4n) is 2.50. The van der Waals surface area contributed by atoms with Gasteiger partial charge in [0.1, 0.15) is 11.4 Å². The summed E-state index contributed by atoms with van der Waals surface area (Å²) in [7, 11) is 0. The zero-order valence-electron chi connectivity index (χ0n) is 11.2. The van der Waals surface area contributed by atoms with Crippen molar-refractivity contribution in [1.82, 2.24) is 5.32 Å². The van der Waals surface area contributed by atoms with Crippen LogP contribution in [0.25, 0.3) is 0 Å². The van der Waals surface area contributed by atoms with Crippen molar-refractivity contribution in [3.05, 3.63) is 35.6 Å². The topological polar surface area (TPSA) is 49.3 Å². The average molecular weight is 265 g/mol. The summed E-state index contributed by atoms with van der Waals surface area (Å²) in [5, 5.41) is 13.1. The number of benzene rings is 1. The van der Waals surface area contributed by atoms with E-state index in [4.69, 9.17) is 0 Å². The minimum atomic E-state index is -1.18. The second-order valence-corrected chi connectivity index (χ2v) is 5.48. The monoisotopic (exact) mass is 265 g/mol. The van der Waals surface area contributed by atoms with Crippen LogP contribution in [0.3, 0.4) is 0 Å². The van der Waals surface area contributed by atoms with E-state index in [9.17, 15) is 14.3 Å². The lowest BCUT2D eigenvalue weighted by atomic mass is 9.95.